The molecule has 0 rings (SSSR count). The van der Waals surface area contributed by atoms with Crippen molar-refractivity contribution < 1.29 is 9.16 Å². The summed E-state index contributed by atoms with van der Waals surface area (Å²) in [5, 5.41) is 0. The standard InChI is InChI=1S/C10H20O2Si/c1-6-7-8-9-10(11-2)12-13(3,4)5/h7-9H,6H2,1-5H3/b8-7+,10-9-. The third kappa shape index (κ3) is 7.65. The molecule has 0 atom stereocenters. The minimum atomic E-state index is -1.53. The summed E-state index contributed by atoms with van der Waals surface area (Å²) >= 11 is 0. The number of methoxy groups -OCH3 is 1. The predicted molar refractivity (Wildman–Crippen MR) is 59.0 cm³/mol. The van der Waals surface area contributed by atoms with E-state index < -0.39 is 8.32 Å². The van der Waals surface area contributed by atoms with Gasteiger partial charge in [-0.2, -0.15) is 0 Å². The molecule has 0 radical (unpaired) electrons. The second-order valence-corrected chi connectivity index (χ2v) is 8.17. The van der Waals surface area contributed by atoms with Gasteiger partial charge in [-0.05, 0) is 26.1 Å². The Kier molecular flexibility index (Phi) is 5.54. The summed E-state index contributed by atoms with van der Waals surface area (Å²) in [5.74, 6) is 0.615. The Hall–Kier alpha value is -0.703. The van der Waals surface area contributed by atoms with Crippen LogP contribution in [0.5, 0.6) is 0 Å². The van der Waals surface area contributed by atoms with Crippen molar-refractivity contribution in [2.75, 3.05) is 7.11 Å². The number of hydrogen-bond acceptors (Lipinski definition) is 2. The first kappa shape index (κ1) is 12.3. The first-order valence-corrected chi connectivity index (χ1v) is 8.00. The smallest absolute Gasteiger partial charge is 0.264 e. The van der Waals surface area contributed by atoms with E-state index >= 15 is 0 Å². The van der Waals surface area contributed by atoms with Crippen molar-refractivity contribution in [2.24, 2.45) is 0 Å². The molecule has 0 aromatic carbocycles. The van der Waals surface area contributed by atoms with Gasteiger partial charge in [0, 0.05) is 6.08 Å². The van der Waals surface area contributed by atoms with Crippen LogP contribution < -0.4 is 0 Å². The van der Waals surface area contributed by atoms with Gasteiger partial charge in [-0.3, -0.25) is 0 Å². The van der Waals surface area contributed by atoms with E-state index in [9.17, 15) is 0 Å². The van der Waals surface area contributed by atoms with Crippen molar-refractivity contribution in [2.45, 2.75) is 33.0 Å². The average Bonchev–Trinajstić information content (AvgIpc) is 2.01. The minimum Gasteiger partial charge on any atom is -0.520 e. The lowest BCUT2D eigenvalue weighted by atomic mass is 10.4. The van der Waals surface area contributed by atoms with Crippen LogP contribution in [0.3, 0.4) is 0 Å². The van der Waals surface area contributed by atoms with E-state index in [-0.39, 0.29) is 0 Å². The van der Waals surface area contributed by atoms with Crippen molar-refractivity contribution in [1.29, 1.82) is 0 Å². The molecule has 76 valence electrons. The van der Waals surface area contributed by atoms with E-state index in [1.807, 2.05) is 12.2 Å². The molecule has 0 aromatic heterocycles. The molecule has 0 aromatic rings. The van der Waals surface area contributed by atoms with Crippen LogP contribution in [0, 0.1) is 0 Å². The van der Waals surface area contributed by atoms with Crippen molar-refractivity contribution in [3.63, 3.8) is 0 Å². The van der Waals surface area contributed by atoms with Gasteiger partial charge >= 0.3 is 0 Å². The third-order valence-corrected chi connectivity index (χ3v) is 2.03. The highest BCUT2D eigenvalue weighted by atomic mass is 28.4. The van der Waals surface area contributed by atoms with Crippen LogP contribution in [0.15, 0.2) is 24.2 Å². The monoisotopic (exact) mass is 200 g/mol. The van der Waals surface area contributed by atoms with E-state index in [4.69, 9.17) is 9.16 Å². The van der Waals surface area contributed by atoms with Gasteiger partial charge in [0.1, 0.15) is 0 Å². The number of allylic oxidation sites excluding steroid dienone is 3. The molecule has 13 heavy (non-hydrogen) atoms. The number of ether oxygens (including phenoxy) is 1. The highest BCUT2D eigenvalue weighted by Gasteiger charge is 2.17. The molecular weight excluding hydrogens is 180 g/mol. The lowest BCUT2D eigenvalue weighted by molar-refractivity contribution is 0.147. The van der Waals surface area contributed by atoms with Gasteiger partial charge in [0.05, 0.1) is 7.11 Å². The maximum Gasteiger partial charge on any atom is 0.264 e. The highest BCUT2D eigenvalue weighted by Crippen LogP contribution is 2.10. The van der Waals surface area contributed by atoms with Crippen molar-refractivity contribution in [3.05, 3.63) is 24.2 Å². The van der Waals surface area contributed by atoms with Gasteiger partial charge in [0.15, 0.2) is 0 Å². The molecular formula is C10H20O2Si. The Balaban J connectivity index is 4.17. The Morgan fingerprint density at radius 2 is 1.92 bits per heavy atom. The van der Waals surface area contributed by atoms with Crippen LogP contribution in [-0.2, 0) is 9.16 Å². The molecule has 0 fully saturated rings. The van der Waals surface area contributed by atoms with Crippen LogP contribution in [0.4, 0.5) is 0 Å². The molecule has 0 heterocycles. The first-order chi connectivity index (χ1) is 5.99. The summed E-state index contributed by atoms with van der Waals surface area (Å²) < 4.78 is 10.8. The Bertz CT molecular complexity index is 190. The zero-order valence-corrected chi connectivity index (χ0v) is 10.3. The molecule has 3 heteroatoms. The molecule has 0 N–H and O–H groups in total. The van der Waals surface area contributed by atoms with Gasteiger partial charge in [-0.1, -0.05) is 19.1 Å². The third-order valence-electron chi connectivity index (χ3n) is 1.21. The Labute approximate surface area is 82.4 Å². The second-order valence-electron chi connectivity index (χ2n) is 3.74. The fourth-order valence-corrected chi connectivity index (χ4v) is 1.48. The largest absolute Gasteiger partial charge is 0.520 e. The topological polar surface area (TPSA) is 18.5 Å². The van der Waals surface area contributed by atoms with Crippen LogP contribution in [0.2, 0.25) is 19.6 Å². The van der Waals surface area contributed by atoms with Gasteiger partial charge < -0.3 is 9.16 Å². The van der Waals surface area contributed by atoms with E-state index in [0.29, 0.717) is 5.95 Å². The summed E-state index contributed by atoms with van der Waals surface area (Å²) in [5.41, 5.74) is 0. The number of rotatable bonds is 5. The van der Waals surface area contributed by atoms with E-state index in [1.54, 1.807) is 7.11 Å². The van der Waals surface area contributed by atoms with Gasteiger partial charge in [-0.25, -0.2) is 0 Å². The SMILES string of the molecule is CC/C=C/C=C(/OC)O[Si](C)(C)C. The fourth-order valence-electron chi connectivity index (χ4n) is 0.728. The van der Waals surface area contributed by atoms with Crippen molar-refractivity contribution in [1.82, 2.24) is 0 Å². The van der Waals surface area contributed by atoms with Crippen LogP contribution >= 0.6 is 0 Å². The van der Waals surface area contributed by atoms with E-state index in [0.717, 1.165) is 6.42 Å². The molecule has 0 unspecified atom stereocenters. The summed E-state index contributed by atoms with van der Waals surface area (Å²) in [6, 6.07) is 0. The van der Waals surface area contributed by atoms with Crippen LogP contribution in [0.25, 0.3) is 0 Å². The number of hydrogen-bond donors (Lipinski definition) is 0. The quantitative estimate of drug-likeness (QED) is 0.385. The Morgan fingerprint density at radius 1 is 1.31 bits per heavy atom. The maximum atomic E-state index is 5.66. The lowest BCUT2D eigenvalue weighted by Gasteiger charge is -2.19. The molecule has 0 bridgehead atoms. The van der Waals surface area contributed by atoms with E-state index in [2.05, 4.69) is 32.6 Å². The van der Waals surface area contributed by atoms with Crippen molar-refractivity contribution >= 4 is 8.32 Å². The fraction of sp³-hybridized carbons (Fsp3) is 0.600. The summed E-state index contributed by atoms with van der Waals surface area (Å²) in [6.07, 6.45) is 6.91. The predicted octanol–water partition coefficient (Wildman–Crippen LogP) is 3.29. The zero-order valence-electron chi connectivity index (χ0n) is 9.26. The highest BCUT2D eigenvalue weighted by molar-refractivity contribution is 6.69. The molecule has 0 spiro atoms. The van der Waals surface area contributed by atoms with Gasteiger partial charge in [0.2, 0.25) is 8.32 Å². The molecule has 0 amide bonds. The molecule has 0 aliphatic rings. The zero-order chi connectivity index (χ0) is 10.3. The summed E-state index contributed by atoms with van der Waals surface area (Å²) in [4.78, 5) is 0. The van der Waals surface area contributed by atoms with Crippen molar-refractivity contribution in [3.8, 4) is 0 Å². The van der Waals surface area contributed by atoms with Crippen LogP contribution in [-0.4, -0.2) is 15.4 Å². The van der Waals surface area contributed by atoms with E-state index in [1.165, 1.54) is 0 Å². The summed E-state index contributed by atoms with van der Waals surface area (Å²) in [7, 11) is 0.102. The minimum absolute atomic E-state index is 0.615. The molecule has 0 aliphatic carbocycles. The normalized spacial score (nSPS) is 13.5. The van der Waals surface area contributed by atoms with Crippen LogP contribution in [0.1, 0.15) is 13.3 Å². The maximum absolute atomic E-state index is 5.66. The molecule has 0 saturated heterocycles. The average molecular weight is 200 g/mol. The summed E-state index contributed by atoms with van der Waals surface area (Å²) in [6.45, 7) is 8.48. The van der Waals surface area contributed by atoms with Gasteiger partial charge in [-0.15, -0.1) is 0 Å². The molecule has 2 nitrogen and oxygen atoms in total. The molecule has 0 saturated carbocycles. The lowest BCUT2D eigenvalue weighted by Crippen LogP contribution is -2.25. The van der Waals surface area contributed by atoms with Gasteiger partial charge in [0.25, 0.3) is 5.95 Å². The second kappa shape index (κ2) is 5.86. The first-order valence-electron chi connectivity index (χ1n) is 4.59. The molecule has 0 aliphatic heterocycles. The Morgan fingerprint density at radius 3 is 2.31 bits per heavy atom.